The van der Waals surface area contributed by atoms with Crippen molar-refractivity contribution in [2.75, 3.05) is 0 Å². The molecule has 0 saturated heterocycles. The molecule has 0 bridgehead atoms. The van der Waals surface area contributed by atoms with E-state index in [2.05, 4.69) is 0 Å². The van der Waals surface area contributed by atoms with E-state index < -0.39 is 0 Å². The summed E-state index contributed by atoms with van der Waals surface area (Å²) in [6.45, 7) is 0. The lowest BCUT2D eigenvalue weighted by Gasteiger charge is -2.10. The van der Waals surface area contributed by atoms with Crippen molar-refractivity contribution >= 4 is 75.5 Å². The van der Waals surface area contributed by atoms with Crippen molar-refractivity contribution in [3.63, 3.8) is 0 Å². The molecule has 7 aromatic rings. The first-order valence-electron chi connectivity index (χ1n) is 10.1. The summed E-state index contributed by atoms with van der Waals surface area (Å²) in [5, 5.41) is 1.34. The van der Waals surface area contributed by atoms with Crippen molar-refractivity contribution in [1.82, 2.24) is 9.97 Å². The molecule has 0 fully saturated rings. The number of rotatable bonds is 0. The third kappa shape index (κ3) is 2.22. The lowest BCUT2D eigenvalue weighted by atomic mass is 10.00. The summed E-state index contributed by atoms with van der Waals surface area (Å²) in [7, 11) is 0. The maximum atomic E-state index is 13.7. The van der Waals surface area contributed by atoms with Gasteiger partial charge in [-0.1, -0.05) is 48.5 Å². The van der Waals surface area contributed by atoms with E-state index in [9.17, 15) is 9.59 Å². The van der Waals surface area contributed by atoms with Crippen molar-refractivity contribution in [3.8, 4) is 0 Å². The zero-order valence-corrected chi connectivity index (χ0v) is 17.3. The van der Waals surface area contributed by atoms with Gasteiger partial charge in [-0.25, -0.2) is 9.97 Å². The summed E-state index contributed by atoms with van der Waals surface area (Å²) in [5.41, 5.74) is 2.89. The summed E-state index contributed by atoms with van der Waals surface area (Å²) in [6.07, 6.45) is 0. The molecule has 2 aromatic heterocycles. The molecule has 0 N–H and O–H groups in total. The third-order valence-corrected chi connectivity index (χ3v) is 7.00. The topological polar surface area (TPSA) is 73.1 Å². The third-order valence-electron chi connectivity index (χ3n) is 5.85. The molecule has 0 aliphatic carbocycles. The molecule has 5 aromatic carbocycles. The van der Waals surface area contributed by atoms with Crippen LogP contribution >= 0.6 is 11.3 Å². The maximum absolute atomic E-state index is 13.7. The summed E-state index contributed by atoms with van der Waals surface area (Å²) in [5.74, 6) is 0. The van der Waals surface area contributed by atoms with Crippen LogP contribution in [0.25, 0.3) is 64.2 Å². The first kappa shape index (κ1) is 17.5. The lowest BCUT2D eigenvalue weighted by molar-refractivity contribution is 0.662. The number of hydrogen-bond acceptors (Lipinski definition) is 6. The molecule has 0 aliphatic rings. The molecule has 0 amide bonds. The van der Waals surface area contributed by atoms with Gasteiger partial charge < -0.3 is 4.42 Å². The smallest absolute Gasteiger partial charge is 0.196 e. The van der Waals surface area contributed by atoms with E-state index in [1.807, 2.05) is 48.5 Å². The Morgan fingerprint density at radius 3 is 2.03 bits per heavy atom. The van der Waals surface area contributed by atoms with Crippen LogP contribution in [0, 0.1) is 0 Å². The zero-order valence-electron chi connectivity index (χ0n) is 16.5. The van der Waals surface area contributed by atoms with Crippen molar-refractivity contribution in [1.29, 1.82) is 0 Å². The van der Waals surface area contributed by atoms with Crippen LogP contribution in [0.4, 0.5) is 0 Å². The first-order valence-corrected chi connectivity index (χ1v) is 10.9. The molecular formula is C26H12N2O3S. The minimum atomic E-state index is -0.236. The molecule has 150 valence electrons. The zero-order chi connectivity index (χ0) is 21.4. The van der Waals surface area contributed by atoms with E-state index in [-0.39, 0.29) is 16.2 Å². The Bertz CT molecular complexity index is 1890. The Hall–Kier alpha value is -4.16. The summed E-state index contributed by atoms with van der Waals surface area (Å²) in [6, 6.07) is 22.1. The minimum absolute atomic E-state index is 0.216. The van der Waals surface area contributed by atoms with Crippen LogP contribution < -0.4 is 10.9 Å². The Labute approximate surface area is 183 Å². The van der Waals surface area contributed by atoms with E-state index in [1.54, 1.807) is 24.3 Å². The van der Waals surface area contributed by atoms with Gasteiger partial charge >= 0.3 is 0 Å². The molecule has 2 heterocycles. The molecule has 5 nitrogen and oxygen atoms in total. The van der Waals surface area contributed by atoms with Crippen LogP contribution in [0.15, 0.2) is 86.8 Å². The van der Waals surface area contributed by atoms with E-state index in [4.69, 9.17) is 14.4 Å². The van der Waals surface area contributed by atoms with Crippen LogP contribution in [0.1, 0.15) is 0 Å². The fourth-order valence-corrected chi connectivity index (χ4v) is 5.46. The lowest BCUT2D eigenvalue weighted by Crippen LogP contribution is -2.14. The Balaban J connectivity index is 1.91. The SMILES string of the molecule is O=c1c2ccccc2c(=O)c2c3nc4ccccc4sc3c3oc4ccccc4nc3c12. The molecule has 0 aliphatic heterocycles. The van der Waals surface area contributed by atoms with Crippen LogP contribution in [-0.2, 0) is 0 Å². The largest absolute Gasteiger partial charge is 0.451 e. The number of hydrogen-bond donors (Lipinski definition) is 0. The second-order valence-electron chi connectivity index (χ2n) is 7.67. The number of benzene rings is 5. The molecule has 0 radical (unpaired) electrons. The fraction of sp³-hybridized carbons (Fsp3) is 0. The van der Waals surface area contributed by atoms with Crippen LogP contribution in [-0.4, -0.2) is 9.97 Å². The average Bonchev–Trinajstić information content (AvgIpc) is 2.84. The van der Waals surface area contributed by atoms with Crippen LogP contribution in [0.2, 0.25) is 0 Å². The second kappa shape index (κ2) is 6.18. The van der Waals surface area contributed by atoms with E-state index in [1.165, 1.54) is 11.3 Å². The molecule has 7 rings (SSSR count). The Morgan fingerprint density at radius 1 is 0.656 bits per heavy atom. The van der Waals surface area contributed by atoms with Gasteiger partial charge in [0.05, 0.1) is 31.2 Å². The van der Waals surface area contributed by atoms with Gasteiger partial charge in [0, 0.05) is 10.8 Å². The van der Waals surface area contributed by atoms with Gasteiger partial charge in [-0.15, -0.1) is 11.3 Å². The monoisotopic (exact) mass is 432 g/mol. The van der Waals surface area contributed by atoms with Gasteiger partial charge in [0.1, 0.15) is 11.0 Å². The van der Waals surface area contributed by atoms with Gasteiger partial charge in [0.25, 0.3) is 0 Å². The predicted octanol–water partition coefficient (Wildman–Crippen LogP) is 5.77. The first-order chi connectivity index (χ1) is 15.7. The standard InChI is InChI=1S/C26H12N2O3S/c29-23-13-7-1-2-8-14(13)24(30)20-19(23)21-25(31-17-11-5-3-9-15(17)27-21)26-22(20)28-16-10-4-6-12-18(16)32-26/h1-12H. The Morgan fingerprint density at radius 2 is 1.25 bits per heavy atom. The fourth-order valence-electron chi connectivity index (χ4n) is 4.40. The summed E-state index contributed by atoms with van der Waals surface area (Å²) < 4.78 is 7.95. The van der Waals surface area contributed by atoms with Crippen LogP contribution in [0.5, 0.6) is 0 Å². The van der Waals surface area contributed by atoms with Crippen molar-refractivity contribution in [2.45, 2.75) is 0 Å². The van der Waals surface area contributed by atoms with Gasteiger partial charge in [0.15, 0.2) is 22.0 Å². The van der Waals surface area contributed by atoms with E-state index >= 15 is 0 Å². The molecule has 6 heteroatoms. The molecular weight excluding hydrogens is 420 g/mol. The minimum Gasteiger partial charge on any atom is -0.451 e. The van der Waals surface area contributed by atoms with Gasteiger partial charge in [-0.3, -0.25) is 9.59 Å². The highest BCUT2D eigenvalue weighted by atomic mass is 32.1. The van der Waals surface area contributed by atoms with Gasteiger partial charge in [0.2, 0.25) is 0 Å². The highest BCUT2D eigenvalue weighted by molar-refractivity contribution is 7.25. The normalized spacial score (nSPS) is 12.0. The number of aromatic nitrogens is 2. The van der Waals surface area contributed by atoms with Crippen molar-refractivity contribution in [3.05, 3.63) is 93.2 Å². The maximum Gasteiger partial charge on any atom is 0.196 e. The molecule has 32 heavy (non-hydrogen) atoms. The second-order valence-corrected chi connectivity index (χ2v) is 8.72. The molecule has 0 spiro atoms. The highest BCUT2D eigenvalue weighted by Gasteiger charge is 2.22. The Kier molecular flexibility index (Phi) is 3.38. The average molecular weight is 432 g/mol. The summed E-state index contributed by atoms with van der Waals surface area (Å²) in [4.78, 5) is 36.9. The predicted molar refractivity (Wildman–Crippen MR) is 130 cm³/mol. The van der Waals surface area contributed by atoms with Crippen LogP contribution in [0.3, 0.4) is 0 Å². The molecule has 0 atom stereocenters. The molecule has 0 unspecified atom stereocenters. The van der Waals surface area contributed by atoms with E-state index in [0.29, 0.717) is 48.6 Å². The number of para-hydroxylation sites is 3. The number of fused-ring (bicyclic) bond motifs is 9. The quantitative estimate of drug-likeness (QED) is 0.225. The van der Waals surface area contributed by atoms with Crippen molar-refractivity contribution in [2.24, 2.45) is 0 Å². The van der Waals surface area contributed by atoms with Gasteiger partial charge in [-0.05, 0) is 24.3 Å². The van der Waals surface area contributed by atoms with Crippen molar-refractivity contribution < 1.29 is 4.42 Å². The highest BCUT2D eigenvalue weighted by Crippen LogP contribution is 2.37. The number of nitrogens with zero attached hydrogens (tertiary/aromatic N) is 2. The summed E-state index contributed by atoms with van der Waals surface area (Å²) >= 11 is 1.49. The van der Waals surface area contributed by atoms with E-state index in [0.717, 1.165) is 10.2 Å². The molecule has 0 saturated carbocycles. The van der Waals surface area contributed by atoms with Gasteiger partial charge in [-0.2, -0.15) is 0 Å².